The van der Waals surface area contributed by atoms with Crippen molar-refractivity contribution < 1.29 is 45.2 Å². The summed E-state index contributed by atoms with van der Waals surface area (Å²) in [6.45, 7) is 2.63. The second-order valence-electron chi connectivity index (χ2n) is 6.99. The largest absolute Gasteiger partial charge is 0.483 e. The second-order valence-corrected chi connectivity index (χ2v) is 8.61. The van der Waals surface area contributed by atoms with Gasteiger partial charge in [0.25, 0.3) is 10.1 Å². The summed E-state index contributed by atoms with van der Waals surface area (Å²) in [5.41, 5.74) is 0.580. The molecular weight excluding hydrogens is 476 g/mol. The van der Waals surface area contributed by atoms with Crippen LogP contribution in [0.4, 0.5) is 14.5 Å². The predicted molar refractivity (Wildman–Crippen MR) is 116 cm³/mol. The minimum atomic E-state index is -4.12. The maximum absolute atomic E-state index is 14.5. The van der Waals surface area contributed by atoms with Crippen LogP contribution in [0.1, 0.15) is 12.5 Å². The van der Waals surface area contributed by atoms with Gasteiger partial charge < -0.3 is 14.2 Å². The monoisotopic (exact) mass is 499 g/mol. The molecule has 1 atom stereocenters. The van der Waals surface area contributed by atoms with E-state index in [0.29, 0.717) is 0 Å². The minimum absolute atomic E-state index is 0.0795. The van der Waals surface area contributed by atoms with E-state index >= 15 is 0 Å². The van der Waals surface area contributed by atoms with Crippen molar-refractivity contribution in [2.24, 2.45) is 10.9 Å². The van der Waals surface area contributed by atoms with Crippen LogP contribution in [0.15, 0.2) is 46.3 Å². The molecule has 12 heteroatoms. The number of aryl methyl sites for hydroxylation is 1. The SMILES string of the molecule is COC(=O)C(C=Nc1ccc(F)c(F)c1OC(C)COS(=O)(=O)c1ccc(C)cc1)C(=O)OC. The fourth-order valence-electron chi connectivity index (χ4n) is 2.56. The van der Waals surface area contributed by atoms with Gasteiger partial charge in [0, 0.05) is 6.21 Å². The molecular formula is C22H23F2NO8S. The average Bonchev–Trinajstić information content (AvgIpc) is 2.81. The zero-order valence-electron chi connectivity index (χ0n) is 18.8. The average molecular weight is 499 g/mol. The third kappa shape index (κ3) is 6.81. The molecule has 0 aliphatic heterocycles. The van der Waals surface area contributed by atoms with Crippen molar-refractivity contribution in [1.29, 1.82) is 0 Å². The second kappa shape index (κ2) is 11.7. The molecule has 0 amide bonds. The van der Waals surface area contributed by atoms with Crippen LogP contribution in [-0.2, 0) is 33.4 Å². The van der Waals surface area contributed by atoms with Crippen LogP contribution < -0.4 is 4.74 Å². The summed E-state index contributed by atoms with van der Waals surface area (Å²) in [5.74, 6) is -6.86. The number of rotatable bonds is 10. The van der Waals surface area contributed by atoms with Crippen LogP contribution in [0.5, 0.6) is 5.75 Å². The Morgan fingerprint density at radius 1 is 1.03 bits per heavy atom. The molecule has 0 radical (unpaired) electrons. The van der Waals surface area contributed by atoms with E-state index < -0.39 is 58.1 Å². The molecule has 0 aliphatic carbocycles. The zero-order valence-corrected chi connectivity index (χ0v) is 19.6. The third-order valence-electron chi connectivity index (χ3n) is 4.39. The van der Waals surface area contributed by atoms with Crippen LogP contribution in [0.2, 0.25) is 0 Å². The van der Waals surface area contributed by atoms with Crippen LogP contribution in [0.3, 0.4) is 0 Å². The lowest BCUT2D eigenvalue weighted by Crippen LogP contribution is -2.27. The molecule has 184 valence electrons. The Balaban J connectivity index is 2.23. The lowest BCUT2D eigenvalue weighted by molar-refractivity contribution is -0.154. The molecule has 0 aliphatic rings. The van der Waals surface area contributed by atoms with Crippen molar-refractivity contribution in [3.63, 3.8) is 0 Å². The molecule has 2 aromatic rings. The topological polar surface area (TPSA) is 118 Å². The molecule has 0 saturated carbocycles. The molecule has 0 N–H and O–H groups in total. The Morgan fingerprint density at radius 2 is 1.62 bits per heavy atom. The lowest BCUT2D eigenvalue weighted by Gasteiger charge is -2.17. The van der Waals surface area contributed by atoms with E-state index in [9.17, 15) is 26.8 Å². The first-order valence-corrected chi connectivity index (χ1v) is 11.2. The summed E-state index contributed by atoms with van der Waals surface area (Å²) in [5, 5.41) is 0. The van der Waals surface area contributed by atoms with Crippen LogP contribution in [-0.4, -0.2) is 53.5 Å². The van der Waals surface area contributed by atoms with E-state index in [1.54, 1.807) is 19.1 Å². The molecule has 9 nitrogen and oxygen atoms in total. The van der Waals surface area contributed by atoms with E-state index in [1.165, 1.54) is 19.1 Å². The Labute approximate surface area is 195 Å². The number of benzene rings is 2. The summed E-state index contributed by atoms with van der Waals surface area (Å²) in [6.07, 6.45) is -0.234. The highest BCUT2D eigenvalue weighted by atomic mass is 32.2. The normalized spacial score (nSPS) is 12.6. The predicted octanol–water partition coefficient (Wildman–Crippen LogP) is 3.11. The number of carbonyl (C=O) groups is 2. The molecule has 2 rings (SSSR count). The Hall–Kier alpha value is -3.38. The van der Waals surface area contributed by atoms with Gasteiger partial charge in [-0.2, -0.15) is 12.8 Å². The van der Waals surface area contributed by atoms with Gasteiger partial charge in [-0.1, -0.05) is 17.7 Å². The summed E-state index contributed by atoms with van der Waals surface area (Å²) >= 11 is 0. The Bertz CT molecular complexity index is 1150. The molecule has 2 aromatic carbocycles. The van der Waals surface area contributed by atoms with Gasteiger partial charge in [-0.15, -0.1) is 0 Å². The lowest BCUT2D eigenvalue weighted by atomic mass is 10.1. The van der Waals surface area contributed by atoms with E-state index in [-0.39, 0.29) is 10.6 Å². The minimum Gasteiger partial charge on any atom is -0.483 e. The van der Waals surface area contributed by atoms with Crippen molar-refractivity contribution >= 4 is 34.0 Å². The molecule has 0 spiro atoms. The number of aliphatic imine (C=N–C) groups is 1. The van der Waals surface area contributed by atoms with E-state index in [1.807, 2.05) is 0 Å². The highest BCUT2D eigenvalue weighted by Gasteiger charge is 2.27. The number of ether oxygens (including phenoxy) is 3. The van der Waals surface area contributed by atoms with Gasteiger partial charge in [0.15, 0.2) is 17.5 Å². The molecule has 34 heavy (non-hydrogen) atoms. The van der Waals surface area contributed by atoms with Gasteiger partial charge in [-0.05, 0) is 38.1 Å². The number of esters is 2. The van der Waals surface area contributed by atoms with Crippen molar-refractivity contribution in [3.05, 3.63) is 53.6 Å². The number of hydrogen-bond donors (Lipinski definition) is 0. The summed E-state index contributed by atoms with van der Waals surface area (Å²) in [7, 11) is -2.03. The van der Waals surface area contributed by atoms with Gasteiger partial charge in [-0.25, -0.2) is 4.39 Å². The highest BCUT2D eigenvalue weighted by Crippen LogP contribution is 2.33. The number of methoxy groups -OCH3 is 2. The first kappa shape index (κ1) is 26.9. The van der Waals surface area contributed by atoms with Gasteiger partial charge in [0.05, 0.1) is 19.1 Å². The smallest absolute Gasteiger partial charge is 0.325 e. The molecule has 1 unspecified atom stereocenters. The van der Waals surface area contributed by atoms with Crippen molar-refractivity contribution in [3.8, 4) is 5.75 Å². The molecule has 0 fully saturated rings. The first-order valence-electron chi connectivity index (χ1n) is 9.80. The van der Waals surface area contributed by atoms with E-state index in [4.69, 9.17) is 8.92 Å². The van der Waals surface area contributed by atoms with Crippen LogP contribution in [0.25, 0.3) is 0 Å². The van der Waals surface area contributed by atoms with E-state index in [0.717, 1.165) is 38.1 Å². The fourth-order valence-corrected chi connectivity index (χ4v) is 3.53. The van der Waals surface area contributed by atoms with Crippen molar-refractivity contribution in [2.45, 2.75) is 24.8 Å². The number of hydrogen-bond acceptors (Lipinski definition) is 9. The maximum atomic E-state index is 14.5. The van der Waals surface area contributed by atoms with Gasteiger partial charge in [0.1, 0.15) is 18.4 Å². The quantitative estimate of drug-likeness (QED) is 0.212. The molecule has 0 heterocycles. The number of halogens is 2. The Kier molecular flexibility index (Phi) is 9.21. The number of carbonyl (C=O) groups excluding carboxylic acids is 2. The first-order chi connectivity index (χ1) is 16.0. The van der Waals surface area contributed by atoms with Crippen LogP contribution >= 0.6 is 0 Å². The zero-order chi connectivity index (χ0) is 25.5. The molecule has 0 aromatic heterocycles. The third-order valence-corrected chi connectivity index (χ3v) is 5.68. The molecule has 0 saturated heterocycles. The van der Waals surface area contributed by atoms with Crippen molar-refractivity contribution in [1.82, 2.24) is 0 Å². The van der Waals surface area contributed by atoms with Crippen molar-refractivity contribution in [2.75, 3.05) is 20.8 Å². The van der Waals surface area contributed by atoms with E-state index in [2.05, 4.69) is 14.5 Å². The standard InChI is InChI=1S/C22H23F2NO8S/c1-13-5-7-15(8-6-13)34(28,29)32-12-14(2)33-20-18(10-9-17(23)19(20)24)25-11-16(21(26)30-3)22(27)31-4/h5-11,14,16H,12H2,1-4H3. The van der Waals surface area contributed by atoms with Gasteiger partial charge >= 0.3 is 11.9 Å². The summed E-state index contributed by atoms with van der Waals surface area (Å²) in [6, 6.07) is 7.75. The van der Waals surface area contributed by atoms with Gasteiger partial charge in [-0.3, -0.25) is 18.8 Å². The summed E-state index contributed by atoms with van der Waals surface area (Å²) in [4.78, 5) is 27.3. The highest BCUT2D eigenvalue weighted by molar-refractivity contribution is 7.86. The molecule has 0 bridgehead atoms. The summed E-state index contributed by atoms with van der Waals surface area (Å²) < 4.78 is 72.3. The maximum Gasteiger partial charge on any atom is 0.325 e. The fraction of sp³-hybridized carbons (Fsp3) is 0.318. The Morgan fingerprint density at radius 3 is 2.18 bits per heavy atom. The van der Waals surface area contributed by atoms with Gasteiger partial charge in [0.2, 0.25) is 5.82 Å². The van der Waals surface area contributed by atoms with Crippen LogP contribution in [0, 0.1) is 24.5 Å². The number of nitrogens with zero attached hydrogens (tertiary/aromatic N) is 1.